The van der Waals surface area contributed by atoms with Crippen molar-refractivity contribution in [3.63, 3.8) is 0 Å². The number of hydrogen-bond acceptors (Lipinski definition) is 3. The van der Waals surface area contributed by atoms with Crippen LogP contribution in [0.2, 0.25) is 0 Å². The van der Waals surface area contributed by atoms with Crippen molar-refractivity contribution in [2.24, 2.45) is 7.05 Å². The number of nitrogens with one attached hydrogen (secondary N) is 2. The quantitative estimate of drug-likeness (QED) is 0.899. The fraction of sp³-hybridized carbons (Fsp3) is 0.300. The second-order valence-electron chi connectivity index (χ2n) is 3.72. The Kier molecular flexibility index (Phi) is 3.28. The number of nitrogens with zero attached hydrogens (tertiary/aromatic N) is 3. The predicted octanol–water partition coefficient (Wildman–Crippen LogP) is 1.40. The van der Waals surface area contributed by atoms with E-state index in [2.05, 4.69) is 36.4 Å². The summed E-state index contributed by atoms with van der Waals surface area (Å²) < 4.78 is 2.63. The van der Waals surface area contributed by atoms with Crippen LogP contribution < -0.4 is 5.32 Å². The molecule has 0 aromatic carbocycles. The smallest absolute Gasteiger partial charge is 0.268 e. The van der Waals surface area contributed by atoms with Crippen LogP contribution in [0.5, 0.6) is 0 Å². The van der Waals surface area contributed by atoms with E-state index in [9.17, 15) is 4.79 Å². The molecule has 2 aromatic heterocycles. The highest BCUT2D eigenvalue weighted by Gasteiger charge is 2.16. The van der Waals surface area contributed by atoms with E-state index >= 15 is 0 Å². The van der Waals surface area contributed by atoms with E-state index < -0.39 is 0 Å². The number of amides is 1. The van der Waals surface area contributed by atoms with Gasteiger partial charge >= 0.3 is 0 Å². The molecule has 2 N–H and O–H groups in total. The number of aromatic amines is 1. The highest BCUT2D eigenvalue weighted by atomic mass is 79.9. The van der Waals surface area contributed by atoms with Crippen molar-refractivity contribution in [1.82, 2.24) is 25.1 Å². The Labute approximate surface area is 107 Å². The fourth-order valence-electron chi connectivity index (χ4n) is 1.51. The fourth-order valence-corrected chi connectivity index (χ4v) is 2.04. The van der Waals surface area contributed by atoms with E-state index in [4.69, 9.17) is 0 Å². The van der Waals surface area contributed by atoms with Gasteiger partial charge < -0.3 is 9.88 Å². The largest absolute Gasteiger partial charge is 0.345 e. The van der Waals surface area contributed by atoms with Crippen molar-refractivity contribution >= 4 is 21.8 Å². The van der Waals surface area contributed by atoms with E-state index in [-0.39, 0.29) is 11.9 Å². The van der Waals surface area contributed by atoms with Crippen LogP contribution >= 0.6 is 15.9 Å². The van der Waals surface area contributed by atoms with Crippen LogP contribution in [0.1, 0.15) is 29.3 Å². The van der Waals surface area contributed by atoms with Crippen LogP contribution in [-0.2, 0) is 7.05 Å². The summed E-state index contributed by atoms with van der Waals surface area (Å²) in [6.07, 6.45) is 3.24. The van der Waals surface area contributed by atoms with Gasteiger partial charge in [0.2, 0.25) is 0 Å². The Hall–Kier alpha value is -1.63. The van der Waals surface area contributed by atoms with Gasteiger partial charge in [0, 0.05) is 17.7 Å². The first kappa shape index (κ1) is 11.8. The molecule has 17 heavy (non-hydrogen) atoms. The third-order valence-electron chi connectivity index (χ3n) is 2.40. The zero-order chi connectivity index (χ0) is 12.4. The van der Waals surface area contributed by atoms with Gasteiger partial charge in [0.15, 0.2) is 0 Å². The van der Waals surface area contributed by atoms with E-state index in [0.717, 1.165) is 4.47 Å². The summed E-state index contributed by atoms with van der Waals surface area (Å²) in [4.78, 5) is 16.0. The van der Waals surface area contributed by atoms with Crippen molar-refractivity contribution < 1.29 is 4.79 Å². The van der Waals surface area contributed by atoms with Gasteiger partial charge in [-0.3, -0.25) is 9.89 Å². The summed E-state index contributed by atoms with van der Waals surface area (Å²) in [6.45, 7) is 1.84. The summed E-state index contributed by atoms with van der Waals surface area (Å²) >= 11 is 3.33. The highest BCUT2D eigenvalue weighted by molar-refractivity contribution is 9.10. The Morgan fingerprint density at radius 1 is 1.65 bits per heavy atom. The number of carbonyl (C=O) groups excluding carboxylic acids is 1. The summed E-state index contributed by atoms with van der Waals surface area (Å²) in [6, 6.07) is 1.56. The second-order valence-corrected chi connectivity index (χ2v) is 4.64. The van der Waals surface area contributed by atoms with Crippen molar-refractivity contribution in [3.8, 4) is 0 Å². The van der Waals surface area contributed by atoms with Crippen LogP contribution in [0.25, 0.3) is 0 Å². The standard InChI is InChI=1S/C10H12BrN5O/c1-6(9-12-5-13-15-9)14-10(17)8-3-7(11)4-16(8)2/h3-6H,1-2H3,(H,14,17)(H,12,13,15). The summed E-state index contributed by atoms with van der Waals surface area (Å²) in [5.74, 6) is 0.480. The zero-order valence-electron chi connectivity index (χ0n) is 9.44. The molecule has 2 aromatic rings. The number of hydrogen-bond donors (Lipinski definition) is 2. The Morgan fingerprint density at radius 3 is 2.94 bits per heavy atom. The van der Waals surface area contributed by atoms with Crippen LogP contribution in [-0.4, -0.2) is 25.7 Å². The zero-order valence-corrected chi connectivity index (χ0v) is 11.0. The molecule has 0 radical (unpaired) electrons. The highest BCUT2D eigenvalue weighted by Crippen LogP contribution is 2.14. The molecule has 2 rings (SSSR count). The van der Waals surface area contributed by atoms with Gasteiger partial charge in [-0.05, 0) is 28.9 Å². The lowest BCUT2D eigenvalue weighted by Gasteiger charge is -2.11. The summed E-state index contributed by atoms with van der Waals surface area (Å²) in [5.41, 5.74) is 0.586. The molecular weight excluding hydrogens is 286 g/mol. The molecule has 0 fully saturated rings. The molecule has 1 amide bonds. The maximum atomic E-state index is 12.0. The molecular formula is C10H12BrN5O. The van der Waals surface area contributed by atoms with E-state index in [1.165, 1.54) is 6.33 Å². The van der Waals surface area contributed by atoms with Crippen LogP contribution in [0.4, 0.5) is 0 Å². The first-order valence-corrected chi connectivity index (χ1v) is 5.85. The van der Waals surface area contributed by atoms with Crippen molar-refractivity contribution in [2.45, 2.75) is 13.0 Å². The number of rotatable bonds is 3. The topological polar surface area (TPSA) is 75.6 Å². The van der Waals surface area contributed by atoms with E-state index in [0.29, 0.717) is 11.5 Å². The molecule has 1 atom stereocenters. The lowest BCUT2D eigenvalue weighted by atomic mass is 10.3. The molecule has 0 aliphatic carbocycles. The molecule has 7 heteroatoms. The van der Waals surface area contributed by atoms with Crippen LogP contribution in [0.3, 0.4) is 0 Å². The van der Waals surface area contributed by atoms with Gasteiger partial charge in [-0.15, -0.1) is 0 Å². The van der Waals surface area contributed by atoms with Gasteiger partial charge in [-0.1, -0.05) is 0 Å². The first-order valence-electron chi connectivity index (χ1n) is 5.06. The molecule has 0 bridgehead atoms. The molecule has 1 unspecified atom stereocenters. The molecule has 90 valence electrons. The average Bonchev–Trinajstić information content (AvgIpc) is 2.87. The number of aromatic nitrogens is 4. The third-order valence-corrected chi connectivity index (χ3v) is 2.83. The van der Waals surface area contributed by atoms with Crippen molar-refractivity contribution in [2.75, 3.05) is 0 Å². The van der Waals surface area contributed by atoms with Crippen LogP contribution in [0.15, 0.2) is 23.1 Å². The predicted molar refractivity (Wildman–Crippen MR) is 65.4 cm³/mol. The summed E-state index contributed by atoms with van der Waals surface area (Å²) in [7, 11) is 1.82. The van der Waals surface area contributed by atoms with Crippen molar-refractivity contribution in [3.05, 3.63) is 34.6 Å². The van der Waals surface area contributed by atoms with Gasteiger partial charge in [-0.2, -0.15) is 5.10 Å². The Bertz CT molecular complexity index is 519. The molecule has 0 aliphatic rings. The minimum Gasteiger partial charge on any atom is -0.345 e. The van der Waals surface area contributed by atoms with Crippen molar-refractivity contribution in [1.29, 1.82) is 0 Å². The molecule has 2 heterocycles. The minimum atomic E-state index is -0.210. The van der Waals surface area contributed by atoms with Gasteiger partial charge in [-0.25, -0.2) is 4.98 Å². The number of carbonyl (C=O) groups is 1. The van der Waals surface area contributed by atoms with Gasteiger partial charge in [0.25, 0.3) is 5.91 Å². The average molecular weight is 298 g/mol. The van der Waals surface area contributed by atoms with Crippen LogP contribution in [0, 0.1) is 0 Å². The van der Waals surface area contributed by atoms with Gasteiger partial charge in [0.05, 0.1) is 6.04 Å². The Morgan fingerprint density at radius 2 is 2.41 bits per heavy atom. The molecule has 6 nitrogen and oxygen atoms in total. The Balaban J connectivity index is 2.09. The SMILES string of the molecule is CC(NC(=O)c1cc(Br)cn1C)c1ncn[nH]1. The second kappa shape index (κ2) is 4.70. The number of H-pyrrole nitrogens is 1. The normalized spacial score (nSPS) is 12.4. The molecule has 0 saturated heterocycles. The maximum absolute atomic E-state index is 12.0. The summed E-state index contributed by atoms with van der Waals surface area (Å²) in [5, 5.41) is 9.30. The molecule has 0 spiro atoms. The van der Waals surface area contributed by atoms with E-state index in [1.54, 1.807) is 10.6 Å². The lowest BCUT2D eigenvalue weighted by Crippen LogP contribution is -2.28. The lowest BCUT2D eigenvalue weighted by molar-refractivity contribution is 0.0930. The first-order chi connectivity index (χ1) is 8.08. The van der Waals surface area contributed by atoms with Gasteiger partial charge in [0.1, 0.15) is 17.8 Å². The maximum Gasteiger partial charge on any atom is 0.268 e. The number of aryl methyl sites for hydroxylation is 1. The minimum absolute atomic E-state index is 0.151. The molecule has 0 aliphatic heterocycles. The molecule has 0 saturated carbocycles. The number of halogens is 1. The monoisotopic (exact) mass is 297 g/mol. The third kappa shape index (κ3) is 2.55. The van der Waals surface area contributed by atoms with E-state index in [1.807, 2.05) is 20.2 Å².